The molecule has 0 saturated heterocycles. The van der Waals surface area contributed by atoms with Crippen LogP contribution < -0.4 is 10.5 Å². The van der Waals surface area contributed by atoms with Crippen molar-refractivity contribution in [3.05, 3.63) is 45.8 Å². The van der Waals surface area contributed by atoms with Gasteiger partial charge >= 0.3 is 0 Å². The molecule has 0 atom stereocenters. The fourth-order valence-electron chi connectivity index (χ4n) is 1.64. The number of rotatable bonds is 6. The average molecular weight is 357 g/mol. The summed E-state index contributed by atoms with van der Waals surface area (Å²) in [5, 5.41) is 4.20. The zero-order valence-corrected chi connectivity index (χ0v) is 12.2. The molecule has 1 heterocycles. The van der Waals surface area contributed by atoms with Gasteiger partial charge in [0.1, 0.15) is 12.4 Å². The van der Waals surface area contributed by atoms with Crippen molar-refractivity contribution in [2.75, 3.05) is 13.2 Å². The van der Waals surface area contributed by atoms with Crippen LogP contribution >= 0.6 is 22.6 Å². The summed E-state index contributed by atoms with van der Waals surface area (Å²) in [5.41, 5.74) is 6.75. The molecule has 0 spiro atoms. The van der Waals surface area contributed by atoms with E-state index in [0.29, 0.717) is 13.2 Å². The second-order valence-corrected chi connectivity index (χ2v) is 5.20. The van der Waals surface area contributed by atoms with Crippen LogP contribution in [0.3, 0.4) is 0 Å². The summed E-state index contributed by atoms with van der Waals surface area (Å²) in [6.45, 7) is 2.06. The van der Waals surface area contributed by atoms with Crippen LogP contribution in [-0.4, -0.2) is 22.9 Å². The molecule has 5 heteroatoms. The standard InChI is InChI=1S/C13H16IN3O/c14-12-9-16-17(10-12)7-8-18-13-3-1-11(2-4-13)5-6-15/h1-4,9-10H,5-8,15H2. The highest BCUT2D eigenvalue weighted by Gasteiger charge is 1.97. The van der Waals surface area contributed by atoms with Crippen LogP contribution in [0, 0.1) is 3.57 Å². The molecule has 96 valence electrons. The molecule has 2 rings (SSSR count). The number of hydrogen-bond donors (Lipinski definition) is 1. The van der Waals surface area contributed by atoms with E-state index in [1.54, 1.807) is 0 Å². The maximum Gasteiger partial charge on any atom is 0.119 e. The lowest BCUT2D eigenvalue weighted by atomic mass is 10.1. The van der Waals surface area contributed by atoms with Gasteiger partial charge in [-0.3, -0.25) is 4.68 Å². The van der Waals surface area contributed by atoms with Crippen LogP contribution in [0.1, 0.15) is 5.56 Å². The van der Waals surface area contributed by atoms with Crippen molar-refractivity contribution in [1.82, 2.24) is 9.78 Å². The zero-order chi connectivity index (χ0) is 12.8. The molecule has 0 saturated carbocycles. The lowest BCUT2D eigenvalue weighted by Crippen LogP contribution is -2.08. The first-order chi connectivity index (χ1) is 8.78. The zero-order valence-electron chi connectivity index (χ0n) is 10.1. The Morgan fingerprint density at radius 3 is 2.67 bits per heavy atom. The second kappa shape index (κ2) is 6.75. The fourth-order valence-corrected chi connectivity index (χ4v) is 2.08. The summed E-state index contributed by atoms with van der Waals surface area (Å²) in [4.78, 5) is 0. The van der Waals surface area contributed by atoms with Gasteiger partial charge in [-0.15, -0.1) is 0 Å². The number of ether oxygens (including phenoxy) is 1. The fraction of sp³-hybridized carbons (Fsp3) is 0.308. The van der Waals surface area contributed by atoms with Gasteiger partial charge in [0.25, 0.3) is 0 Å². The van der Waals surface area contributed by atoms with Gasteiger partial charge in [-0.05, 0) is 53.3 Å². The first kappa shape index (κ1) is 13.4. The molecule has 1 aromatic heterocycles. The molecule has 4 nitrogen and oxygen atoms in total. The van der Waals surface area contributed by atoms with Crippen molar-refractivity contribution in [1.29, 1.82) is 0 Å². The molecule has 0 aliphatic rings. The SMILES string of the molecule is NCCc1ccc(OCCn2cc(I)cn2)cc1. The summed E-state index contributed by atoms with van der Waals surface area (Å²) in [6.07, 6.45) is 4.74. The van der Waals surface area contributed by atoms with Gasteiger partial charge in [-0.25, -0.2) is 0 Å². The van der Waals surface area contributed by atoms with Crippen molar-refractivity contribution in [3.63, 3.8) is 0 Å². The quantitative estimate of drug-likeness (QED) is 0.806. The molecular formula is C13H16IN3O. The highest BCUT2D eigenvalue weighted by molar-refractivity contribution is 14.1. The van der Waals surface area contributed by atoms with Gasteiger partial charge in [0.2, 0.25) is 0 Å². The number of nitrogens with zero attached hydrogens (tertiary/aromatic N) is 2. The largest absolute Gasteiger partial charge is 0.492 e. The van der Waals surface area contributed by atoms with Crippen molar-refractivity contribution >= 4 is 22.6 Å². The van der Waals surface area contributed by atoms with E-state index in [1.807, 2.05) is 29.2 Å². The maximum atomic E-state index is 5.66. The molecule has 0 aliphatic heterocycles. The molecule has 0 amide bonds. The third kappa shape index (κ3) is 3.99. The van der Waals surface area contributed by atoms with Crippen molar-refractivity contribution in [2.45, 2.75) is 13.0 Å². The molecular weight excluding hydrogens is 341 g/mol. The molecule has 0 unspecified atom stereocenters. The minimum Gasteiger partial charge on any atom is -0.492 e. The summed E-state index contributed by atoms with van der Waals surface area (Å²) < 4.78 is 8.68. The van der Waals surface area contributed by atoms with Crippen LogP contribution in [0.2, 0.25) is 0 Å². The third-order valence-corrected chi connectivity index (χ3v) is 3.10. The van der Waals surface area contributed by atoms with Crippen molar-refractivity contribution < 1.29 is 4.74 Å². The van der Waals surface area contributed by atoms with Crippen molar-refractivity contribution in [2.24, 2.45) is 5.73 Å². The Kier molecular flexibility index (Phi) is 5.00. The van der Waals surface area contributed by atoms with E-state index in [9.17, 15) is 0 Å². The Bertz CT molecular complexity index is 481. The van der Waals surface area contributed by atoms with Crippen LogP contribution in [0.15, 0.2) is 36.7 Å². The monoisotopic (exact) mass is 357 g/mol. The Hall–Kier alpha value is -1.08. The molecule has 0 bridgehead atoms. The topological polar surface area (TPSA) is 53.1 Å². The van der Waals surface area contributed by atoms with Gasteiger partial charge in [0, 0.05) is 6.20 Å². The predicted octanol–water partition coefficient (Wildman–Crippen LogP) is 2.07. The van der Waals surface area contributed by atoms with E-state index in [-0.39, 0.29) is 0 Å². The first-order valence-corrected chi connectivity index (χ1v) is 6.95. The normalized spacial score (nSPS) is 10.6. The summed E-state index contributed by atoms with van der Waals surface area (Å²) in [6, 6.07) is 8.08. The van der Waals surface area contributed by atoms with Gasteiger partial charge in [-0.1, -0.05) is 12.1 Å². The van der Waals surface area contributed by atoms with Gasteiger partial charge in [0.05, 0.1) is 16.3 Å². The number of nitrogens with two attached hydrogens (primary N) is 1. The van der Waals surface area contributed by atoms with E-state index < -0.39 is 0 Å². The van der Waals surface area contributed by atoms with E-state index in [2.05, 4.69) is 39.8 Å². The Morgan fingerprint density at radius 1 is 1.28 bits per heavy atom. The molecule has 2 N–H and O–H groups in total. The van der Waals surface area contributed by atoms with E-state index in [4.69, 9.17) is 10.5 Å². The number of hydrogen-bond acceptors (Lipinski definition) is 3. The van der Waals surface area contributed by atoms with E-state index >= 15 is 0 Å². The summed E-state index contributed by atoms with van der Waals surface area (Å²) >= 11 is 2.24. The Balaban J connectivity index is 1.79. The third-order valence-electron chi connectivity index (χ3n) is 2.55. The van der Waals surface area contributed by atoms with Crippen LogP contribution in [0.25, 0.3) is 0 Å². The predicted molar refractivity (Wildman–Crippen MR) is 79.6 cm³/mol. The smallest absolute Gasteiger partial charge is 0.119 e. The van der Waals surface area contributed by atoms with Gasteiger partial charge < -0.3 is 10.5 Å². The summed E-state index contributed by atoms with van der Waals surface area (Å²) in [5.74, 6) is 0.887. The lowest BCUT2D eigenvalue weighted by molar-refractivity contribution is 0.291. The summed E-state index contributed by atoms with van der Waals surface area (Å²) in [7, 11) is 0. The molecule has 1 aromatic carbocycles. The maximum absolute atomic E-state index is 5.66. The lowest BCUT2D eigenvalue weighted by Gasteiger charge is -2.07. The van der Waals surface area contributed by atoms with Gasteiger partial charge in [-0.2, -0.15) is 5.10 Å². The molecule has 0 aliphatic carbocycles. The highest BCUT2D eigenvalue weighted by atomic mass is 127. The first-order valence-electron chi connectivity index (χ1n) is 5.87. The second-order valence-electron chi connectivity index (χ2n) is 3.95. The van der Waals surface area contributed by atoms with Crippen LogP contribution in [-0.2, 0) is 13.0 Å². The molecule has 2 aromatic rings. The number of halogens is 1. The average Bonchev–Trinajstić information content (AvgIpc) is 2.78. The number of aromatic nitrogens is 2. The molecule has 18 heavy (non-hydrogen) atoms. The number of benzene rings is 1. The van der Waals surface area contributed by atoms with E-state index in [0.717, 1.165) is 22.3 Å². The highest BCUT2D eigenvalue weighted by Crippen LogP contribution is 2.12. The molecule has 0 fully saturated rings. The van der Waals surface area contributed by atoms with Crippen molar-refractivity contribution in [3.8, 4) is 5.75 Å². The molecule has 0 radical (unpaired) electrons. The minimum atomic E-state index is 0.619. The van der Waals surface area contributed by atoms with Crippen LogP contribution in [0.5, 0.6) is 5.75 Å². The van der Waals surface area contributed by atoms with Gasteiger partial charge in [0.15, 0.2) is 0 Å². The van der Waals surface area contributed by atoms with E-state index in [1.165, 1.54) is 5.56 Å². The van der Waals surface area contributed by atoms with Crippen LogP contribution in [0.4, 0.5) is 0 Å². The minimum absolute atomic E-state index is 0.619. The Labute approximate surface area is 120 Å². The Morgan fingerprint density at radius 2 is 2.06 bits per heavy atom.